The van der Waals surface area contributed by atoms with Crippen LogP contribution in [0.3, 0.4) is 0 Å². The molecule has 0 amide bonds. The Kier molecular flexibility index (Phi) is 4.24. The van der Waals surface area contributed by atoms with Crippen molar-refractivity contribution in [2.24, 2.45) is 5.41 Å². The zero-order valence-electron chi connectivity index (χ0n) is 12.3. The summed E-state index contributed by atoms with van der Waals surface area (Å²) < 4.78 is 2.00. The highest BCUT2D eigenvalue weighted by Gasteiger charge is 2.19. The van der Waals surface area contributed by atoms with Gasteiger partial charge < -0.3 is 9.67 Å². The zero-order valence-corrected chi connectivity index (χ0v) is 13.1. The highest BCUT2D eigenvalue weighted by atomic mass is 32.2. The van der Waals surface area contributed by atoms with Crippen LogP contribution in [-0.4, -0.2) is 26.4 Å². The predicted molar refractivity (Wildman–Crippen MR) is 82.3 cm³/mol. The van der Waals surface area contributed by atoms with Gasteiger partial charge in [-0.2, -0.15) is 5.26 Å². The monoisotopic (exact) mass is 303 g/mol. The Morgan fingerprint density at radius 3 is 2.76 bits per heavy atom. The van der Waals surface area contributed by atoms with Crippen LogP contribution in [0.2, 0.25) is 0 Å². The Morgan fingerprint density at radius 2 is 2.19 bits per heavy atom. The van der Waals surface area contributed by atoms with Crippen LogP contribution in [0.25, 0.3) is 11.0 Å². The topological polar surface area (TPSA) is 78.9 Å². The van der Waals surface area contributed by atoms with Crippen LogP contribution < -0.4 is 0 Å². The zero-order chi connectivity index (χ0) is 15.6. The largest absolute Gasteiger partial charge is 0.481 e. The molecule has 5 nitrogen and oxygen atoms in total. The summed E-state index contributed by atoms with van der Waals surface area (Å²) in [5.74, 6) is -0.898. The number of carboxylic acids is 1. The fourth-order valence-electron chi connectivity index (χ4n) is 2.03. The molecular formula is C15H17N3O2S. The molecule has 1 aromatic carbocycles. The Hall–Kier alpha value is -2.00. The van der Waals surface area contributed by atoms with Gasteiger partial charge in [0.15, 0.2) is 5.16 Å². The lowest BCUT2D eigenvalue weighted by molar-refractivity contribution is -0.133. The Bertz CT molecular complexity index is 723. The number of rotatable bonds is 4. The molecule has 1 N–H and O–H groups in total. The number of imidazole rings is 1. The maximum atomic E-state index is 10.8. The van der Waals surface area contributed by atoms with Gasteiger partial charge in [-0.25, -0.2) is 4.98 Å². The first-order valence-electron chi connectivity index (χ1n) is 6.55. The lowest BCUT2D eigenvalue weighted by Gasteiger charge is -2.21. The van der Waals surface area contributed by atoms with Gasteiger partial charge in [0.05, 0.1) is 28.4 Å². The summed E-state index contributed by atoms with van der Waals surface area (Å²) in [6, 6.07) is 7.46. The molecule has 110 valence electrons. The van der Waals surface area contributed by atoms with Gasteiger partial charge in [-0.05, 0) is 23.6 Å². The third-order valence-corrected chi connectivity index (χ3v) is 3.76. The first kappa shape index (κ1) is 15.4. The van der Waals surface area contributed by atoms with Crippen molar-refractivity contribution in [3.05, 3.63) is 23.8 Å². The summed E-state index contributed by atoms with van der Waals surface area (Å²) in [6.07, 6.45) is 0. The molecule has 1 heterocycles. The molecule has 1 aromatic heterocycles. The molecule has 0 fully saturated rings. The summed E-state index contributed by atoms with van der Waals surface area (Å²) in [5, 5.41) is 18.6. The summed E-state index contributed by atoms with van der Waals surface area (Å²) in [7, 11) is 0. The molecular weight excluding hydrogens is 286 g/mol. The summed E-state index contributed by atoms with van der Waals surface area (Å²) in [6.45, 7) is 7.04. The molecule has 0 spiro atoms. The van der Waals surface area contributed by atoms with Crippen LogP contribution in [0.4, 0.5) is 0 Å². The maximum Gasteiger partial charge on any atom is 0.313 e. The second-order valence-corrected chi connectivity index (χ2v) is 6.98. The van der Waals surface area contributed by atoms with E-state index in [4.69, 9.17) is 10.4 Å². The number of hydrogen-bond donors (Lipinski definition) is 1. The van der Waals surface area contributed by atoms with Gasteiger partial charge in [0.1, 0.15) is 0 Å². The smallest absolute Gasteiger partial charge is 0.313 e. The highest BCUT2D eigenvalue weighted by molar-refractivity contribution is 7.99. The number of hydrogen-bond acceptors (Lipinski definition) is 4. The molecule has 0 saturated carbocycles. The average Bonchev–Trinajstić information content (AvgIpc) is 2.72. The lowest BCUT2D eigenvalue weighted by Crippen LogP contribution is -2.16. The minimum Gasteiger partial charge on any atom is -0.481 e. The van der Waals surface area contributed by atoms with E-state index in [1.807, 2.05) is 4.57 Å². The lowest BCUT2D eigenvalue weighted by atomic mass is 9.97. The van der Waals surface area contributed by atoms with Crippen LogP contribution in [0.1, 0.15) is 26.3 Å². The molecule has 0 radical (unpaired) electrons. The molecule has 2 rings (SSSR count). The van der Waals surface area contributed by atoms with Crippen molar-refractivity contribution in [3.63, 3.8) is 0 Å². The molecule has 2 aromatic rings. The Balaban J connectivity index is 2.53. The van der Waals surface area contributed by atoms with Gasteiger partial charge in [0, 0.05) is 6.54 Å². The summed E-state index contributed by atoms with van der Waals surface area (Å²) in [4.78, 5) is 15.3. The average molecular weight is 303 g/mol. The number of benzene rings is 1. The Morgan fingerprint density at radius 1 is 1.48 bits per heavy atom. The molecule has 0 aliphatic rings. The normalized spacial score (nSPS) is 11.5. The van der Waals surface area contributed by atoms with Crippen molar-refractivity contribution in [1.82, 2.24) is 9.55 Å². The van der Waals surface area contributed by atoms with Crippen molar-refractivity contribution in [2.75, 3.05) is 5.75 Å². The molecule has 21 heavy (non-hydrogen) atoms. The van der Waals surface area contributed by atoms with E-state index in [9.17, 15) is 4.79 Å². The van der Waals surface area contributed by atoms with Crippen molar-refractivity contribution < 1.29 is 9.90 Å². The number of nitrogens with zero attached hydrogens (tertiary/aromatic N) is 3. The van der Waals surface area contributed by atoms with Crippen molar-refractivity contribution >= 4 is 28.8 Å². The van der Waals surface area contributed by atoms with Gasteiger partial charge in [-0.15, -0.1) is 0 Å². The van der Waals surface area contributed by atoms with Crippen LogP contribution in [-0.2, 0) is 11.3 Å². The van der Waals surface area contributed by atoms with Crippen LogP contribution in [0.15, 0.2) is 23.4 Å². The van der Waals surface area contributed by atoms with E-state index < -0.39 is 5.97 Å². The summed E-state index contributed by atoms with van der Waals surface area (Å²) in [5.41, 5.74) is 2.25. The minimum atomic E-state index is -0.868. The predicted octanol–water partition coefficient (Wildman–Crippen LogP) is 3.13. The van der Waals surface area contributed by atoms with Gasteiger partial charge in [0.2, 0.25) is 0 Å². The van der Waals surface area contributed by atoms with Gasteiger partial charge in [-0.3, -0.25) is 4.79 Å². The number of fused-ring (bicyclic) bond motifs is 1. The van der Waals surface area contributed by atoms with Crippen LogP contribution >= 0.6 is 11.8 Å². The first-order valence-corrected chi connectivity index (χ1v) is 7.54. The molecule has 0 saturated heterocycles. The van der Waals surface area contributed by atoms with E-state index >= 15 is 0 Å². The Labute approximate surface area is 127 Å². The number of thioether (sulfide) groups is 1. The summed E-state index contributed by atoms with van der Waals surface area (Å²) >= 11 is 1.20. The van der Waals surface area contributed by atoms with Gasteiger partial charge in [0.25, 0.3) is 0 Å². The van der Waals surface area contributed by atoms with E-state index in [2.05, 4.69) is 31.8 Å². The van der Waals surface area contributed by atoms with Gasteiger partial charge >= 0.3 is 5.97 Å². The third-order valence-electron chi connectivity index (χ3n) is 2.80. The number of nitriles is 1. The quantitative estimate of drug-likeness (QED) is 0.878. The van der Waals surface area contributed by atoms with E-state index in [0.717, 1.165) is 11.0 Å². The van der Waals surface area contributed by atoms with E-state index in [-0.39, 0.29) is 11.2 Å². The number of carboxylic acid groups (broad SMARTS) is 1. The highest BCUT2D eigenvalue weighted by Crippen LogP contribution is 2.28. The second-order valence-electron chi connectivity index (χ2n) is 6.04. The molecule has 0 aliphatic heterocycles. The molecule has 6 heteroatoms. The van der Waals surface area contributed by atoms with Crippen molar-refractivity contribution in [2.45, 2.75) is 32.5 Å². The fraction of sp³-hybridized carbons (Fsp3) is 0.400. The van der Waals surface area contributed by atoms with Crippen molar-refractivity contribution in [1.29, 1.82) is 5.26 Å². The van der Waals surface area contributed by atoms with E-state index in [1.165, 1.54) is 11.8 Å². The van der Waals surface area contributed by atoms with Crippen molar-refractivity contribution in [3.8, 4) is 6.07 Å². The van der Waals surface area contributed by atoms with Gasteiger partial charge in [-0.1, -0.05) is 32.5 Å². The molecule has 0 bridgehead atoms. The molecule has 0 atom stereocenters. The maximum absolute atomic E-state index is 10.8. The number of aromatic nitrogens is 2. The molecule has 0 unspecified atom stereocenters. The van der Waals surface area contributed by atoms with Crippen LogP contribution in [0, 0.1) is 16.7 Å². The standard InChI is InChI=1S/C15H17N3O2S/c1-15(2,3)9-18-12-6-10(7-16)4-5-11(12)17-14(18)21-8-13(19)20/h4-6H,8-9H2,1-3H3,(H,19,20). The number of carbonyl (C=O) groups is 1. The van der Waals surface area contributed by atoms with E-state index in [0.29, 0.717) is 17.3 Å². The SMILES string of the molecule is CC(C)(C)Cn1c(SCC(=O)O)nc2ccc(C#N)cc21. The fourth-order valence-corrected chi connectivity index (χ4v) is 2.77. The minimum absolute atomic E-state index is 0.0226. The molecule has 0 aliphatic carbocycles. The van der Waals surface area contributed by atoms with Crippen LogP contribution in [0.5, 0.6) is 0 Å². The van der Waals surface area contributed by atoms with E-state index in [1.54, 1.807) is 18.2 Å². The second kappa shape index (κ2) is 5.78. The number of aliphatic carboxylic acids is 1. The first-order chi connectivity index (χ1) is 9.80. The third kappa shape index (κ3) is 3.76.